The highest BCUT2D eigenvalue weighted by Gasteiger charge is 2.29. The summed E-state index contributed by atoms with van der Waals surface area (Å²) in [6.45, 7) is 5.38. The number of amides is 3. The summed E-state index contributed by atoms with van der Waals surface area (Å²) in [6.07, 6.45) is 7.33. The van der Waals surface area contributed by atoms with E-state index >= 15 is 0 Å². The molecule has 242 valence electrons. The second-order valence-corrected chi connectivity index (χ2v) is 13.4. The summed E-state index contributed by atoms with van der Waals surface area (Å²) < 4.78 is 45.8. The maximum Gasteiger partial charge on any atom is 0.319 e. The zero-order valence-corrected chi connectivity index (χ0v) is 27.0. The fourth-order valence-corrected chi connectivity index (χ4v) is 6.11. The third-order valence-electron chi connectivity index (χ3n) is 7.51. The van der Waals surface area contributed by atoms with Crippen molar-refractivity contribution >= 4 is 44.9 Å². The lowest BCUT2D eigenvalue weighted by atomic mass is 9.93. The number of aryl methyl sites for hydroxylation is 1. The number of primary amides is 1. The number of nitrogens with one attached hydrogen (secondary N) is 3. The first-order valence-electron chi connectivity index (χ1n) is 14.6. The Hall–Kier alpha value is -3.94. The standard InChI is InChI=1S/C31H38ClFN6O5S/c1-4-5-6-23-14-21(36-31(41)37-27-15-24(30(34)40)25(32)16-26(27)33)11-12-39(23)18-20-7-10-29(35-17-20)44-28-9-8-22(13-19(28)2)38-45(3,42)43/h7-10,13,15-17,21,23,38H,4-6,11-12,14,18H2,1-3H3,(H2,34,40)(H2,36,37,41). The van der Waals surface area contributed by atoms with E-state index in [4.69, 9.17) is 22.1 Å². The van der Waals surface area contributed by atoms with Gasteiger partial charge in [0, 0.05) is 43.1 Å². The lowest BCUT2D eigenvalue weighted by molar-refractivity contribution is 0.1000. The molecule has 2 aromatic carbocycles. The van der Waals surface area contributed by atoms with Crippen LogP contribution in [0.15, 0.2) is 48.7 Å². The Labute approximate surface area is 267 Å². The lowest BCUT2D eigenvalue weighted by Gasteiger charge is -2.40. The minimum Gasteiger partial charge on any atom is -0.439 e. The molecule has 0 aliphatic carbocycles. The number of hydrogen-bond acceptors (Lipinski definition) is 7. The number of nitrogens with zero attached hydrogens (tertiary/aromatic N) is 2. The molecule has 3 aromatic rings. The van der Waals surface area contributed by atoms with Crippen LogP contribution in [0.3, 0.4) is 0 Å². The van der Waals surface area contributed by atoms with Gasteiger partial charge in [-0.05, 0) is 67.6 Å². The number of unbranched alkanes of at least 4 members (excludes halogenated alkanes) is 1. The van der Waals surface area contributed by atoms with Gasteiger partial charge in [-0.2, -0.15) is 0 Å². The highest BCUT2D eigenvalue weighted by atomic mass is 35.5. The van der Waals surface area contributed by atoms with Gasteiger partial charge in [-0.15, -0.1) is 0 Å². The predicted octanol–water partition coefficient (Wildman–Crippen LogP) is 5.79. The second-order valence-electron chi connectivity index (χ2n) is 11.2. The molecule has 1 aliphatic rings. The molecule has 2 atom stereocenters. The second kappa shape index (κ2) is 14.9. The largest absolute Gasteiger partial charge is 0.439 e. The summed E-state index contributed by atoms with van der Waals surface area (Å²) >= 11 is 5.88. The van der Waals surface area contributed by atoms with Gasteiger partial charge in [0.05, 0.1) is 22.5 Å². The van der Waals surface area contributed by atoms with E-state index in [1.807, 2.05) is 13.0 Å². The minimum atomic E-state index is -3.38. The van der Waals surface area contributed by atoms with Crippen molar-refractivity contribution in [1.82, 2.24) is 15.2 Å². The van der Waals surface area contributed by atoms with E-state index in [0.29, 0.717) is 30.3 Å². The number of pyridine rings is 1. The molecule has 3 amide bonds. The molecule has 1 aliphatic heterocycles. The van der Waals surface area contributed by atoms with Gasteiger partial charge >= 0.3 is 6.03 Å². The third kappa shape index (κ3) is 9.77. The molecule has 5 N–H and O–H groups in total. The van der Waals surface area contributed by atoms with E-state index in [-0.39, 0.29) is 28.4 Å². The normalized spacial score (nSPS) is 17.0. The molecule has 0 radical (unpaired) electrons. The van der Waals surface area contributed by atoms with Gasteiger partial charge in [-0.25, -0.2) is 22.6 Å². The molecule has 0 spiro atoms. The van der Waals surface area contributed by atoms with E-state index in [9.17, 15) is 22.4 Å². The molecule has 0 saturated carbocycles. The number of rotatable bonds is 12. The number of ether oxygens (including phenoxy) is 1. The summed E-state index contributed by atoms with van der Waals surface area (Å²) in [4.78, 5) is 31.2. The number of benzene rings is 2. The number of sulfonamides is 1. The molecule has 14 heteroatoms. The van der Waals surface area contributed by atoms with Crippen LogP contribution in [0, 0.1) is 12.7 Å². The lowest BCUT2D eigenvalue weighted by Crippen LogP contribution is -2.50. The summed E-state index contributed by atoms with van der Waals surface area (Å²) in [5.41, 5.74) is 7.26. The average molecular weight is 661 g/mol. The van der Waals surface area contributed by atoms with Crippen LogP contribution in [-0.4, -0.2) is 55.1 Å². The number of urea groups is 1. The Balaban J connectivity index is 1.35. The molecule has 1 saturated heterocycles. The van der Waals surface area contributed by atoms with Crippen molar-refractivity contribution in [1.29, 1.82) is 0 Å². The Bertz CT molecular complexity index is 1640. The van der Waals surface area contributed by atoms with Gasteiger partial charge in [0.25, 0.3) is 0 Å². The number of piperidine rings is 1. The van der Waals surface area contributed by atoms with Crippen LogP contribution in [0.2, 0.25) is 5.02 Å². The van der Waals surface area contributed by atoms with Crippen LogP contribution in [0.1, 0.15) is 60.5 Å². The van der Waals surface area contributed by atoms with Gasteiger partial charge in [0.2, 0.25) is 21.8 Å². The molecule has 45 heavy (non-hydrogen) atoms. The maximum absolute atomic E-state index is 14.4. The summed E-state index contributed by atoms with van der Waals surface area (Å²) in [5.74, 6) is -0.601. The van der Waals surface area contributed by atoms with Crippen LogP contribution >= 0.6 is 11.6 Å². The molecular formula is C31H38ClFN6O5S. The van der Waals surface area contributed by atoms with Crippen LogP contribution in [-0.2, 0) is 16.6 Å². The first-order chi connectivity index (χ1) is 21.3. The predicted molar refractivity (Wildman–Crippen MR) is 173 cm³/mol. The van der Waals surface area contributed by atoms with Gasteiger partial charge in [0.1, 0.15) is 11.6 Å². The number of carbonyl (C=O) groups is 2. The number of halogens is 2. The van der Waals surface area contributed by atoms with Crippen molar-refractivity contribution in [2.45, 2.75) is 64.6 Å². The summed E-state index contributed by atoms with van der Waals surface area (Å²) in [7, 11) is -3.38. The first-order valence-corrected chi connectivity index (χ1v) is 16.9. The molecular weight excluding hydrogens is 623 g/mol. The van der Waals surface area contributed by atoms with E-state index in [1.54, 1.807) is 30.5 Å². The van der Waals surface area contributed by atoms with Gasteiger partial charge in [0.15, 0.2) is 0 Å². The number of aromatic nitrogens is 1. The molecule has 1 fully saturated rings. The van der Waals surface area contributed by atoms with E-state index in [2.05, 4.69) is 32.2 Å². The third-order valence-corrected chi connectivity index (χ3v) is 8.43. The Morgan fingerprint density at radius 1 is 1.20 bits per heavy atom. The molecule has 2 unspecified atom stereocenters. The molecule has 0 bridgehead atoms. The zero-order chi connectivity index (χ0) is 32.7. The molecule has 11 nitrogen and oxygen atoms in total. The van der Waals surface area contributed by atoms with Crippen LogP contribution in [0.5, 0.6) is 11.6 Å². The van der Waals surface area contributed by atoms with Crippen molar-refractivity contribution in [2.24, 2.45) is 5.73 Å². The average Bonchev–Trinajstić information content (AvgIpc) is 2.96. The number of likely N-dealkylation sites (tertiary alicyclic amines) is 1. The summed E-state index contributed by atoms with van der Waals surface area (Å²) in [6, 6.07) is 10.4. The van der Waals surface area contributed by atoms with Crippen molar-refractivity contribution in [3.63, 3.8) is 0 Å². The first kappa shape index (κ1) is 33.9. The van der Waals surface area contributed by atoms with E-state index in [0.717, 1.165) is 61.7 Å². The SMILES string of the molecule is CCCCC1CC(NC(=O)Nc2cc(C(N)=O)c(Cl)cc2F)CCN1Cc1ccc(Oc2ccc(NS(C)(=O)=O)cc2C)nc1. The molecule has 1 aromatic heterocycles. The van der Waals surface area contributed by atoms with E-state index < -0.39 is 27.8 Å². The topological polar surface area (TPSA) is 156 Å². The fourth-order valence-electron chi connectivity index (χ4n) is 5.31. The van der Waals surface area contributed by atoms with Gasteiger partial charge in [-0.3, -0.25) is 14.4 Å². The summed E-state index contributed by atoms with van der Waals surface area (Å²) in [5, 5.41) is 5.29. The number of hydrogen-bond donors (Lipinski definition) is 4. The zero-order valence-electron chi connectivity index (χ0n) is 25.4. The van der Waals surface area contributed by atoms with Crippen molar-refractivity contribution in [3.05, 3.63) is 76.2 Å². The monoisotopic (exact) mass is 660 g/mol. The number of nitrogens with two attached hydrogens (primary N) is 1. The van der Waals surface area contributed by atoms with Gasteiger partial charge < -0.3 is 21.1 Å². The number of anilines is 2. The highest BCUT2D eigenvalue weighted by molar-refractivity contribution is 7.92. The quantitative estimate of drug-likeness (QED) is 0.192. The van der Waals surface area contributed by atoms with Crippen LogP contribution in [0.4, 0.5) is 20.6 Å². The molecule has 2 heterocycles. The Morgan fingerprint density at radius 3 is 2.62 bits per heavy atom. The van der Waals surface area contributed by atoms with Crippen molar-refractivity contribution in [2.75, 3.05) is 22.8 Å². The van der Waals surface area contributed by atoms with Crippen molar-refractivity contribution in [3.8, 4) is 11.6 Å². The maximum atomic E-state index is 14.4. The Kier molecular flexibility index (Phi) is 11.2. The highest BCUT2D eigenvalue weighted by Crippen LogP contribution is 2.29. The van der Waals surface area contributed by atoms with E-state index in [1.165, 1.54) is 0 Å². The van der Waals surface area contributed by atoms with Gasteiger partial charge in [-0.1, -0.05) is 37.4 Å². The fraction of sp³-hybridized carbons (Fsp3) is 0.387. The smallest absolute Gasteiger partial charge is 0.319 e. The van der Waals surface area contributed by atoms with Crippen LogP contribution in [0.25, 0.3) is 0 Å². The number of carbonyl (C=O) groups excluding carboxylic acids is 2. The minimum absolute atomic E-state index is 0.0800. The van der Waals surface area contributed by atoms with Crippen molar-refractivity contribution < 1.29 is 27.1 Å². The van der Waals surface area contributed by atoms with Crippen LogP contribution < -0.4 is 25.8 Å². The molecule has 4 rings (SSSR count). The Morgan fingerprint density at radius 2 is 1.98 bits per heavy atom.